The van der Waals surface area contributed by atoms with Crippen LogP contribution >= 0.6 is 0 Å². The Morgan fingerprint density at radius 3 is 2.48 bits per heavy atom. The Balaban J connectivity index is 1.89. The molecule has 3 aromatic rings. The average Bonchev–Trinajstić information content (AvgIpc) is 2.87. The molecule has 0 fully saturated rings. The summed E-state index contributed by atoms with van der Waals surface area (Å²) in [7, 11) is 0. The summed E-state index contributed by atoms with van der Waals surface area (Å²) in [6.07, 6.45) is 0. The Labute approximate surface area is 129 Å². The summed E-state index contributed by atoms with van der Waals surface area (Å²) in [4.78, 5) is 0. The number of fused-ring (bicyclic) bond motifs is 3. The molecule has 0 amide bonds. The first-order valence-electron chi connectivity index (χ1n) is 7.03. The number of hydrogen-bond donors (Lipinski definition) is 1. The SMILES string of the molecule is Fc1ccc(-c2nnn3c2CNCc2cc(F)c(F)cc2-3)cc1. The minimum absolute atomic E-state index is 0.340. The number of nitrogens with zero attached hydrogens (tertiary/aromatic N) is 3. The monoisotopic (exact) mass is 316 g/mol. The van der Waals surface area contributed by atoms with Crippen molar-refractivity contribution in [1.82, 2.24) is 20.3 Å². The molecule has 0 bridgehead atoms. The molecule has 0 saturated heterocycles. The van der Waals surface area contributed by atoms with Crippen molar-refractivity contribution in [3.05, 3.63) is 65.1 Å². The summed E-state index contributed by atoms with van der Waals surface area (Å²) < 4.78 is 41.6. The lowest BCUT2D eigenvalue weighted by molar-refractivity contribution is 0.505. The molecule has 0 aliphatic carbocycles. The number of aromatic nitrogens is 3. The lowest BCUT2D eigenvalue weighted by Crippen LogP contribution is -2.11. The predicted molar refractivity (Wildman–Crippen MR) is 77.2 cm³/mol. The molecule has 0 unspecified atom stereocenters. The Hall–Kier alpha value is -2.67. The second-order valence-electron chi connectivity index (χ2n) is 5.30. The van der Waals surface area contributed by atoms with Crippen LogP contribution in [-0.2, 0) is 13.1 Å². The lowest BCUT2D eigenvalue weighted by atomic mass is 10.1. The summed E-state index contributed by atoms with van der Waals surface area (Å²) >= 11 is 0. The van der Waals surface area contributed by atoms with Gasteiger partial charge in [-0.3, -0.25) is 0 Å². The third-order valence-electron chi connectivity index (χ3n) is 3.84. The van der Waals surface area contributed by atoms with E-state index in [1.165, 1.54) is 16.8 Å². The first kappa shape index (κ1) is 14.0. The van der Waals surface area contributed by atoms with Gasteiger partial charge in [0.25, 0.3) is 0 Å². The Morgan fingerprint density at radius 2 is 1.70 bits per heavy atom. The summed E-state index contributed by atoms with van der Waals surface area (Å²) in [5.41, 5.74) is 3.04. The van der Waals surface area contributed by atoms with Crippen LogP contribution in [0.3, 0.4) is 0 Å². The maximum Gasteiger partial charge on any atom is 0.160 e. The van der Waals surface area contributed by atoms with Crippen LogP contribution in [0.5, 0.6) is 0 Å². The van der Waals surface area contributed by atoms with Crippen molar-refractivity contribution in [3.8, 4) is 16.9 Å². The van der Waals surface area contributed by atoms with Crippen molar-refractivity contribution < 1.29 is 13.2 Å². The standard InChI is InChI=1S/C16H11F3N4/c17-11-3-1-9(2-4-11)16-15-8-20-7-10-5-12(18)13(19)6-14(10)23(15)22-21-16/h1-6,20H,7-8H2. The van der Waals surface area contributed by atoms with Crippen LogP contribution in [0.15, 0.2) is 36.4 Å². The Bertz CT molecular complexity index is 887. The summed E-state index contributed by atoms with van der Waals surface area (Å²) in [6.45, 7) is 0.816. The lowest BCUT2D eigenvalue weighted by Gasteiger charge is -2.07. The zero-order chi connectivity index (χ0) is 16.0. The molecule has 1 aliphatic heterocycles. The van der Waals surface area contributed by atoms with Crippen LogP contribution in [0.25, 0.3) is 16.9 Å². The highest BCUT2D eigenvalue weighted by atomic mass is 19.2. The van der Waals surface area contributed by atoms with Crippen molar-refractivity contribution >= 4 is 0 Å². The summed E-state index contributed by atoms with van der Waals surface area (Å²) in [5, 5.41) is 11.3. The molecule has 2 aromatic carbocycles. The van der Waals surface area contributed by atoms with Crippen molar-refractivity contribution in [2.75, 3.05) is 0 Å². The van der Waals surface area contributed by atoms with Gasteiger partial charge in [0.2, 0.25) is 0 Å². The molecular weight excluding hydrogens is 305 g/mol. The zero-order valence-corrected chi connectivity index (χ0v) is 11.9. The van der Waals surface area contributed by atoms with Crippen molar-refractivity contribution in [2.24, 2.45) is 0 Å². The molecule has 7 heteroatoms. The maximum atomic E-state index is 13.6. The van der Waals surface area contributed by atoms with Gasteiger partial charge in [-0.1, -0.05) is 5.21 Å². The van der Waals surface area contributed by atoms with Crippen LogP contribution in [0.4, 0.5) is 13.2 Å². The normalized spacial score (nSPS) is 13.3. The average molecular weight is 316 g/mol. The van der Waals surface area contributed by atoms with Gasteiger partial charge in [0.1, 0.15) is 11.5 Å². The first-order chi connectivity index (χ1) is 11.1. The molecule has 1 N–H and O–H groups in total. The smallest absolute Gasteiger partial charge is 0.160 e. The van der Waals surface area contributed by atoms with E-state index in [-0.39, 0.29) is 5.82 Å². The third-order valence-corrected chi connectivity index (χ3v) is 3.84. The molecule has 1 aromatic heterocycles. The topological polar surface area (TPSA) is 42.7 Å². The van der Waals surface area contributed by atoms with Gasteiger partial charge >= 0.3 is 0 Å². The number of benzene rings is 2. The highest BCUT2D eigenvalue weighted by Crippen LogP contribution is 2.28. The van der Waals surface area contributed by atoms with E-state index in [9.17, 15) is 13.2 Å². The second kappa shape index (κ2) is 5.20. The van der Waals surface area contributed by atoms with E-state index < -0.39 is 11.6 Å². The molecule has 0 atom stereocenters. The van der Waals surface area contributed by atoms with Gasteiger partial charge in [-0.2, -0.15) is 0 Å². The minimum Gasteiger partial charge on any atom is -0.307 e. The van der Waals surface area contributed by atoms with E-state index in [1.807, 2.05) is 0 Å². The summed E-state index contributed by atoms with van der Waals surface area (Å²) in [5.74, 6) is -2.17. The van der Waals surface area contributed by atoms with E-state index in [2.05, 4.69) is 15.6 Å². The van der Waals surface area contributed by atoms with Gasteiger partial charge in [0.05, 0.1) is 11.4 Å². The highest BCUT2D eigenvalue weighted by Gasteiger charge is 2.22. The van der Waals surface area contributed by atoms with Gasteiger partial charge in [-0.15, -0.1) is 5.10 Å². The number of hydrogen-bond acceptors (Lipinski definition) is 3. The molecular formula is C16H11F3N4. The molecule has 2 heterocycles. The van der Waals surface area contributed by atoms with Crippen LogP contribution in [0.1, 0.15) is 11.3 Å². The fourth-order valence-electron chi connectivity index (χ4n) is 2.72. The van der Waals surface area contributed by atoms with Crippen molar-refractivity contribution in [2.45, 2.75) is 13.1 Å². The first-order valence-corrected chi connectivity index (χ1v) is 7.03. The second-order valence-corrected chi connectivity index (χ2v) is 5.30. The minimum atomic E-state index is -0.935. The van der Waals surface area contributed by atoms with Crippen molar-refractivity contribution in [3.63, 3.8) is 0 Å². The van der Waals surface area contributed by atoms with Crippen LogP contribution in [-0.4, -0.2) is 15.0 Å². The number of nitrogens with one attached hydrogen (secondary N) is 1. The van der Waals surface area contributed by atoms with Gasteiger partial charge < -0.3 is 5.32 Å². The van der Waals surface area contributed by atoms with Gasteiger partial charge in [0, 0.05) is 24.7 Å². The largest absolute Gasteiger partial charge is 0.307 e. The Morgan fingerprint density at radius 1 is 0.957 bits per heavy atom. The molecule has 23 heavy (non-hydrogen) atoms. The number of halogens is 3. The van der Waals surface area contributed by atoms with E-state index in [0.717, 1.165) is 12.1 Å². The van der Waals surface area contributed by atoms with Crippen molar-refractivity contribution in [1.29, 1.82) is 0 Å². The van der Waals surface area contributed by atoms with Gasteiger partial charge in [-0.25, -0.2) is 17.9 Å². The van der Waals surface area contributed by atoms with Gasteiger partial charge in [-0.05, 0) is 35.9 Å². The zero-order valence-electron chi connectivity index (χ0n) is 11.9. The fourth-order valence-corrected chi connectivity index (χ4v) is 2.72. The molecule has 4 nitrogen and oxygen atoms in total. The van der Waals surface area contributed by atoms with Crippen LogP contribution < -0.4 is 5.32 Å². The molecule has 116 valence electrons. The van der Waals surface area contributed by atoms with E-state index in [0.29, 0.717) is 41.3 Å². The van der Waals surface area contributed by atoms with E-state index in [1.54, 1.807) is 12.1 Å². The van der Waals surface area contributed by atoms with E-state index >= 15 is 0 Å². The number of rotatable bonds is 1. The fraction of sp³-hybridized carbons (Fsp3) is 0.125. The summed E-state index contributed by atoms with van der Waals surface area (Å²) in [6, 6.07) is 8.17. The van der Waals surface area contributed by atoms with Gasteiger partial charge in [0.15, 0.2) is 11.6 Å². The molecule has 1 aliphatic rings. The molecule has 0 saturated carbocycles. The maximum absolute atomic E-state index is 13.6. The molecule has 0 spiro atoms. The highest BCUT2D eigenvalue weighted by molar-refractivity contribution is 5.63. The molecule has 0 radical (unpaired) electrons. The van der Waals surface area contributed by atoms with E-state index in [4.69, 9.17) is 0 Å². The van der Waals surface area contributed by atoms with Crippen LogP contribution in [0, 0.1) is 17.5 Å². The molecule has 4 rings (SSSR count). The quantitative estimate of drug-likeness (QED) is 0.750. The Kier molecular flexibility index (Phi) is 3.16. The predicted octanol–water partition coefficient (Wildman–Crippen LogP) is 2.95. The van der Waals surface area contributed by atoms with Crippen LogP contribution in [0.2, 0.25) is 0 Å². The third kappa shape index (κ3) is 2.29.